The summed E-state index contributed by atoms with van der Waals surface area (Å²) in [5, 5.41) is 8.68. The maximum Gasteiger partial charge on any atom is 0.240 e. The fraction of sp³-hybridized carbons (Fsp3) is 0.467. The Morgan fingerprint density at radius 1 is 1.33 bits per heavy atom. The van der Waals surface area contributed by atoms with Gasteiger partial charge in [-0.2, -0.15) is 0 Å². The molecule has 1 aromatic carbocycles. The van der Waals surface area contributed by atoms with Crippen LogP contribution in [-0.4, -0.2) is 52.2 Å². The van der Waals surface area contributed by atoms with Gasteiger partial charge in [0.25, 0.3) is 0 Å². The number of sulfonamides is 1. The molecule has 0 saturated heterocycles. The van der Waals surface area contributed by atoms with Crippen molar-refractivity contribution in [1.82, 2.24) is 9.62 Å². The Labute approximate surface area is 127 Å². The number of hydrogen-bond donors (Lipinski definition) is 2. The van der Waals surface area contributed by atoms with E-state index in [1.165, 1.54) is 6.07 Å². The minimum absolute atomic E-state index is 0.215. The van der Waals surface area contributed by atoms with E-state index in [0.29, 0.717) is 6.54 Å². The van der Waals surface area contributed by atoms with E-state index in [1.54, 1.807) is 19.1 Å². The summed E-state index contributed by atoms with van der Waals surface area (Å²) >= 11 is 0. The normalized spacial score (nSPS) is 11.3. The summed E-state index contributed by atoms with van der Waals surface area (Å²) in [6.45, 7) is 2.82. The molecular formula is C15H22N2O3S. The quantitative estimate of drug-likeness (QED) is 0.595. The summed E-state index contributed by atoms with van der Waals surface area (Å²) in [6, 6.07) is 4.78. The highest BCUT2D eigenvalue weighted by atomic mass is 32.2. The first-order chi connectivity index (χ1) is 9.86. The molecular weight excluding hydrogens is 288 g/mol. The molecule has 0 aromatic heterocycles. The van der Waals surface area contributed by atoms with Crippen molar-refractivity contribution in [2.24, 2.45) is 0 Å². The second-order valence-corrected chi connectivity index (χ2v) is 6.76. The molecule has 0 saturated carbocycles. The summed E-state index contributed by atoms with van der Waals surface area (Å²) in [4.78, 5) is 2.24. The van der Waals surface area contributed by atoms with Gasteiger partial charge in [0.05, 0.1) is 4.90 Å². The first-order valence-corrected chi connectivity index (χ1v) is 8.20. The van der Waals surface area contributed by atoms with Crippen LogP contribution < -0.4 is 4.72 Å². The molecule has 0 fully saturated rings. The maximum atomic E-state index is 12.2. The number of hydrogen-bond acceptors (Lipinski definition) is 4. The van der Waals surface area contributed by atoms with Crippen molar-refractivity contribution in [2.75, 3.05) is 33.8 Å². The lowest BCUT2D eigenvalue weighted by atomic mass is 10.1. The fourth-order valence-corrected chi connectivity index (χ4v) is 2.92. The maximum absolute atomic E-state index is 12.2. The van der Waals surface area contributed by atoms with E-state index in [9.17, 15) is 8.42 Å². The summed E-state index contributed by atoms with van der Waals surface area (Å²) in [5.41, 5.74) is 1.49. The van der Waals surface area contributed by atoms with Crippen LogP contribution in [0.3, 0.4) is 0 Å². The summed E-state index contributed by atoms with van der Waals surface area (Å²) < 4.78 is 26.9. The monoisotopic (exact) mass is 310 g/mol. The number of rotatable bonds is 6. The van der Waals surface area contributed by atoms with Crippen molar-refractivity contribution in [3.05, 3.63) is 29.3 Å². The van der Waals surface area contributed by atoms with Crippen LogP contribution >= 0.6 is 0 Å². The second-order valence-electron chi connectivity index (χ2n) is 4.99. The van der Waals surface area contributed by atoms with Crippen LogP contribution in [0.25, 0.3) is 0 Å². The van der Waals surface area contributed by atoms with Gasteiger partial charge in [-0.1, -0.05) is 11.8 Å². The first-order valence-electron chi connectivity index (χ1n) is 6.71. The van der Waals surface area contributed by atoms with Gasteiger partial charge in [-0.25, -0.2) is 13.1 Å². The van der Waals surface area contributed by atoms with Crippen LogP contribution in [0.4, 0.5) is 0 Å². The number of benzene rings is 1. The van der Waals surface area contributed by atoms with Crippen molar-refractivity contribution in [3.8, 4) is 11.8 Å². The molecule has 1 rings (SSSR count). The van der Waals surface area contributed by atoms with E-state index >= 15 is 0 Å². The average molecular weight is 310 g/mol. The zero-order chi connectivity index (χ0) is 15.9. The summed E-state index contributed by atoms with van der Waals surface area (Å²) in [7, 11) is 0.413. The molecule has 0 aliphatic rings. The lowest BCUT2D eigenvalue weighted by molar-refractivity contribution is 0.350. The lowest BCUT2D eigenvalue weighted by Crippen LogP contribution is -2.27. The molecule has 0 spiro atoms. The highest BCUT2D eigenvalue weighted by Crippen LogP contribution is 2.14. The fourth-order valence-electron chi connectivity index (χ4n) is 1.76. The molecule has 0 aliphatic heterocycles. The predicted molar refractivity (Wildman–Crippen MR) is 83.5 cm³/mol. The van der Waals surface area contributed by atoms with Crippen molar-refractivity contribution in [3.63, 3.8) is 0 Å². The molecule has 116 valence electrons. The number of aliphatic hydroxyl groups is 1. The van der Waals surface area contributed by atoms with Gasteiger partial charge in [-0.3, -0.25) is 0 Å². The van der Waals surface area contributed by atoms with Crippen LogP contribution in [0.5, 0.6) is 0 Å². The Morgan fingerprint density at radius 3 is 2.62 bits per heavy atom. The van der Waals surface area contributed by atoms with Crippen molar-refractivity contribution < 1.29 is 13.5 Å². The van der Waals surface area contributed by atoms with E-state index in [1.807, 2.05) is 19.0 Å². The first kappa shape index (κ1) is 17.7. The van der Waals surface area contributed by atoms with E-state index in [0.717, 1.165) is 24.1 Å². The largest absolute Gasteiger partial charge is 0.384 e. The highest BCUT2D eigenvalue weighted by molar-refractivity contribution is 7.89. The molecule has 0 radical (unpaired) electrons. The van der Waals surface area contributed by atoms with E-state index < -0.39 is 10.0 Å². The van der Waals surface area contributed by atoms with Gasteiger partial charge < -0.3 is 10.0 Å². The smallest absolute Gasteiger partial charge is 0.240 e. The standard InChI is InChI=1S/C15H22N2O3S/c1-13-12-15(8-7-14(13)6-4-11-18)21(19,20)16-9-5-10-17(2)3/h7-8,12,16,18H,5,9-11H2,1-3H3. The van der Waals surface area contributed by atoms with Gasteiger partial charge in [-0.05, 0) is 57.7 Å². The zero-order valence-electron chi connectivity index (χ0n) is 12.7. The Bertz CT molecular complexity index is 628. The Hall–Kier alpha value is -1.39. The van der Waals surface area contributed by atoms with Crippen molar-refractivity contribution >= 4 is 10.0 Å². The molecule has 0 unspecified atom stereocenters. The number of aliphatic hydroxyl groups excluding tert-OH is 1. The summed E-state index contributed by atoms with van der Waals surface area (Å²) in [5.74, 6) is 5.34. The number of aryl methyl sites for hydroxylation is 1. The van der Waals surface area contributed by atoms with E-state index in [-0.39, 0.29) is 11.5 Å². The molecule has 0 atom stereocenters. The van der Waals surface area contributed by atoms with Crippen molar-refractivity contribution in [2.45, 2.75) is 18.2 Å². The van der Waals surface area contributed by atoms with E-state index in [4.69, 9.17) is 5.11 Å². The molecule has 1 aromatic rings. The highest BCUT2D eigenvalue weighted by Gasteiger charge is 2.14. The minimum Gasteiger partial charge on any atom is -0.384 e. The van der Waals surface area contributed by atoms with Crippen LogP contribution in [0.2, 0.25) is 0 Å². The van der Waals surface area contributed by atoms with Gasteiger partial charge in [0.15, 0.2) is 0 Å². The van der Waals surface area contributed by atoms with Gasteiger partial charge in [0.1, 0.15) is 6.61 Å². The van der Waals surface area contributed by atoms with Crippen LogP contribution in [0.1, 0.15) is 17.5 Å². The van der Waals surface area contributed by atoms with E-state index in [2.05, 4.69) is 16.6 Å². The molecule has 0 heterocycles. The SMILES string of the molecule is Cc1cc(S(=O)(=O)NCCCN(C)C)ccc1C#CCO. The van der Waals surface area contributed by atoms with Gasteiger partial charge in [0, 0.05) is 12.1 Å². The molecule has 0 bridgehead atoms. The molecule has 5 nitrogen and oxygen atoms in total. The Kier molecular flexibility index (Phi) is 6.85. The second kappa shape index (κ2) is 8.15. The zero-order valence-corrected chi connectivity index (χ0v) is 13.5. The number of nitrogens with zero attached hydrogens (tertiary/aromatic N) is 1. The van der Waals surface area contributed by atoms with Crippen LogP contribution in [0.15, 0.2) is 23.1 Å². The number of nitrogens with one attached hydrogen (secondary N) is 1. The third kappa shape index (κ3) is 5.86. The molecule has 0 amide bonds. The van der Waals surface area contributed by atoms with Crippen molar-refractivity contribution in [1.29, 1.82) is 0 Å². The third-order valence-corrected chi connectivity index (χ3v) is 4.34. The minimum atomic E-state index is -3.48. The van der Waals surface area contributed by atoms with Crippen LogP contribution in [0, 0.1) is 18.8 Å². The predicted octanol–water partition coefficient (Wildman–Crippen LogP) is 0.569. The topological polar surface area (TPSA) is 69.6 Å². The molecule has 21 heavy (non-hydrogen) atoms. The van der Waals surface area contributed by atoms with Crippen LogP contribution in [-0.2, 0) is 10.0 Å². The molecule has 0 aliphatic carbocycles. The van der Waals surface area contributed by atoms with Gasteiger partial charge in [0.2, 0.25) is 10.0 Å². The molecule has 6 heteroatoms. The summed E-state index contributed by atoms with van der Waals surface area (Å²) in [6.07, 6.45) is 0.755. The Balaban J connectivity index is 2.77. The lowest BCUT2D eigenvalue weighted by Gasteiger charge is -2.11. The van der Waals surface area contributed by atoms with Gasteiger partial charge in [-0.15, -0.1) is 0 Å². The van der Waals surface area contributed by atoms with Gasteiger partial charge >= 0.3 is 0 Å². The Morgan fingerprint density at radius 2 is 2.05 bits per heavy atom. The molecule has 2 N–H and O–H groups in total. The average Bonchev–Trinajstić information content (AvgIpc) is 2.42. The third-order valence-electron chi connectivity index (χ3n) is 2.88.